The van der Waals surface area contributed by atoms with E-state index in [2.05, 4.69) is 15.3 Å². The zero-order chi connectivity index (χ0) is 28.7. The van der Waals surface area contributed by atoms with Crippen molar-refractivity contribution >= 4 is 44.8 Å². The van der Waals surface area contributed by atoms with Gasteiger partial charge in [-0.25, -0.2) is 18.4 Å². The highest BCUT2D eigenvalue weighted by molar-refractivity contribution is 7.91. The number of amides is 1. The zero-order valence-corrected chi connectivity index (χ0v) is 23.5. The molecule has 3 aromatic rings. The maximum Gasteiger partial charge on any atom is 0.416 e. The van der Waals surface area contributed by atoms with Crippen LogP contribution in [0, 0.1) is 0 Å². The molecule has 3 N–H and O–H groups in total. The van der Waals surface area contributed by atoms with Gasteiger partial charge in [-0.05, 0) is 49.6 Å². The summed E-state index contributed by atoms with van der Waals surface area (Å²) >= 11 is 6.86. The summed E-state index contributed by atoms with van der Waals surface area (Å²) in [5, 5.41) is 2.78. The van der Waals surface area contributed by atoms with Crippen LogP contribution in [0.1, 0.15) is 30.5 Å². The highest BCUT2D eigenvalue weighted by atomic mass is 35.5. The Morgan fingerprint density at radius 2 is 1.88 bits per heavy atom. The lowest BCUT2D eigenvalue weighted by molar-refractivity contribution is -0.137. The third-order valence-corrected chi connectivity index (χ3v) is 10.5. The van der Waals surface area contributed by atoms with Crippen molar-refractivity contribution in [3.63, 3.8) is 0 Å². The Hall–Kier alpha value is -2.78. The summed E-state index contributed by atoms with van der Waals surface area (Å²) in [5.41, 5.74) is 6.54. The number of carbonyl (C=O) groups excluding carboxylic acids is 1. The van der Waals surface area contributed by atoms with Crippen LogP contribution < -0.4 is 16.0 Å². The first kappa shape index (κ1) is 28.7. The van der Waals surface area contributed by atoms with Gasteiger partial charge in [-0.3, -0.25) is 4.79 Å². The molecule has 2 aromatic heterocycles. The Labute approximate surface area is 238 Å². The third-order valence-electron chi connectivity index (χ3n) is 6.84. The van der Waals surface area contributed by atoms with E-state index in [1.807, 2.05) is 4.90 Å². The molecule has 2 saturated heterocycles. The largest absolute Gasteiger partial charge is 0.416 e. The van der Waals surface area contributed by atoms with E-state index in [0.29, 0.717) is 53.2 Å². The first-order chi connectivity index (χ1) is 18.9. The molecule has 2 aliphatic heterocycles. The molecule has 0 spiro atoms. The molecule has 9 nitrogen and oxygen atoms in total. The van der Waals surface area contributed by atoms with Crippen LogP contribution in [0.4, 0.5) is 19.1 Å². The topological polar surface area (TPSA) is 122 Å². The Kier molecular flexibility index (Phi) is 8.08. The number of nitrogens with zero attached hydrogens (tertiary/aromatic N) is 4. The van der Waals surface area contributed by atoms with Gasteiger partial charge in [-0.2, -0.15) is 17.5 Å². The molecule has 2 aliphatic rings. The van der Waals surface area contributed by atoms with Crippen LogP contribution >= 0.6 is 22.9 Å². The smallest absolute Gasteiger partial charge is 0.349 e. The van der Waals surface area contributed by atoms with E-state index >= 15 is 0 Å². The number of benzene rings is 1. The fraction of sp³-hybridized carbons (Fsp3) is 0.400. The molecule has 0 radical (unpaired) electrons. The molecule has 5 rings (SSSR count). The molecule has 2 fully saturated rings. The van der Waals surface area contributed by atoms with Crippen LogP contribution in [0.5, 0.6) is 0 Å². The van der Waals surface area contributed by atoms with Gasteiger partial charge >= 0.3 is 6.18 Å². The number of nitrogens with one attached hydrogen (secondary N) is 1. The van der Waals surface area contributed by atoms with Gasteiger partial charge < -0.3 is 16.0 Å². The van der Waals surface area contributed by atoms with Gasteiger partial charge in [0.1, 0.15) is 10.3 Å². The Bertz CT molecular complexity index is 1500. The fourth-order valence-corrected chi connectivity index (χ4v) is 8.07. The lowest BCUT2D eigenvalue weighted by atomic mass is 10.1. The highest BCUT2D eigenvalue weighted by Gasteiger charge is 2.40. The summed E-state index contributed by atoms with van der Waals surface area (Å²) in [4.78, 5) is 24.2. The number of rotatable bonds is 7. The highest BCUT2D eigenvalue weighted by Crippen LogP contribution is 2.33. The van der Waals surface area contributed by atoms with Crippen molar-refractivity contribution in [2.75, 3.05) is 24.5 Å². The summed E-state index contributed by atoms with van der Waals surface area (Å²) in [6, 6.07) is 8.22. The van der Waals surface area contributed by atoms with Crippen molar-refractivity contribution in [2.45, 2.75) is 48.3 Å². The molecule has 0 unspecified atom stereocenters. The Morgan fingerprint density at radius 3 is 2.50 bits per heavy atom. The second-order valence-corrected chi connectivity index (χ2v) is 13.5. The molecule has 214 valence electrons. The average Bonchev–Trinajstić information content (AvgIpc) is 3.68. The van der Waals surface area contributed by atoms with Gasteiger partial charge in [0.15, 0.2) is 0 Å². The number of aromatic nitrogens is 2. The maximum atomic E-state index is 13.2. The lowest BCUT2D eigenvalue weighted by Gasteiger charge is -2.23. The van der Waals surface area contributed by atoms with Crippen molar-refractivity contribution in [2.24, 2.45) is 5.73 Å². The van der Waals surface area contributed by atoms with Crippen LogP contribution in [-0.2, 0) is 27.5 Å². The molecule has 4 heterocycles. The van der Waals surface area contributed by atoms with Gasteiger partial charge in [-0.15, -0.1) is 11.3 Å². The summed E-state index contributed by atoms with van der Waals surface area (Å²) < 4.78 is 67.1. The molecule has 1 aromatic carbocycles. The minimum Gasteiger partial charge on any atom is -0.349 e. The molecular formula is C25H26ClF3N6O3S2. The second kappa shape index (κ2) is 11.2. The van der Waals surface area contributed by atoms with Crippen molar-refractivity contribution < 1.29 is 26.4 Å². The van der Waals surface area contributed by atoms with Gasteiger partial charge in [-0.1, -0.05) is 23.7 Å². The SMILES string of the molecule is N[C@H]1CCN(c2nc(CNC(=O)[C@@H]3CCCN3S(=O)(=O)c3ccc(Cl)s3)cc(-c3ccc(C(F)(F)F)cc3)n2)C1. The van der Waals surface area contributed by atoms with Crippen molar-refractivity contribution in [1.82, 2.24) is 19.6 Å². The van der Waals surface area contributed by atoms with E-state index in [1.165, 1.54) is 28.6 Å². The zero-order valence-electron chi connectivity index (χ0n) is 21.1. The minimum atomic E-state index is -4.46. The van der Waals surface area contributed by atoms with E-state index in [0.717, 1.165) is 29.9 Å². The molecule has 2 atom stereocenters. The Balaban J connectivity index is 1.37. The van der Waals surface area contributed by atoms with E-state index in [9.17, 15) is 26.4 Å². The van der Waals surface area contributed by atoms with E-state index in [4.69, 9.17) is 17.3 Å². The van der Waals surface area contributed by atoms with Crippen LogP contribution in [0.3, 0.4) is 0 Å². The first-order valence-corrected chi connectivity index (χ1v) is 15.2. The number of hydrogen-bond donors (Lipinski definition) is 2. The number of hydrogen-bond acceptors (Lipinski definition) is 8. The number of sulfonamides is 1. The summed E-state index contributed by atoms with van der Waals surface area (Å²) in [6.45, 7) is 1.31. The van der Waals surface area contributed by atoms with E-state index in [-0.39, 0.29) is 23.3 Å². The van der Waals surface area contributed by atoms with Crippen molar-refractivity contribution in [3.05, 3.63) is 58.1 Å². The molecular weight excluding hydrogens is 589 g/mol. The minimum absolute atomic E-state index is 0.0307. The summed E-state index contributed by atoms with van der Waals surface area (Å²) in [5.74, 6) is -0.114. The third kappa shape index (κ3) is 6.10. The number of alkyl halides is 3. The maximum absolute atomic E-state index is 13.2. The second-order valence-electron chi connectivity index (χ2n) is 9.66. The van der Waals surface area contributed by atoms with Crippen molar-refractivity contribution in [1.29, 1.82) is 0 Å². The van der Waals surface area contributed by atoms with Crippen molar-refractivity contribution in [3.8, 4) is 11.3 Å². The number of anilines is 1. The number of thiophene rings is 1. The van der Waals surface area contributed by atoms with Gasteiger partial charge in [0.05, 0.1) is 27.8 Å². The van der Waals surface area contributed by atoms with Crippen LogP contribution in [0.25, 0.3) is 11.3 Å². The van der Waals surface area contributed by atoms with Gasteiger partial charge in [0, 0.05) is 31.2 Å². The number of nitrogens with two attached hydrogens (primary N) is 1. The number of halogens is 4. The normalized spacial score (nSPS) is 20.3. The van der Waals surface area contributed by atoms with Gasteiger partial charge in [0.25, 0.3) is 10.0 Å². The monoisotopic (exact) mass is 614 g/mol. The Morgan fingerprint density at radius 1 is 1.12 bits per heavy atom. The predicted octanol–water partition coefficient (Wildman–Crippen LogP) is 3.88. The first-order valence-electron chi connectivity index (χ1n) is 12.5. The molecule has 15 heteroatoms. The fourth-order valence-electron chi connectivity index (χ4n) is 4.80. The molecule has 0 aliphatic carbocycles. The molecule has 40 heavy (non-hydrogen) atoms. The standard InChI is InChI=1S/C25H26ClF3N6O3S2/c26-21-7-8-22(39-21)40(37,38)35-10-1-2-20(35)23(36)31-13-18-12-19(15-3-5-16(6-4-15)25(27,28)29)33-24(32-18)34-11-9-17(30)14-34/h3-8,12,17,20H,1-2,9-11,13-14,30H2,(H,31,36)/t17-,20-/m0/s1. The predicted molar refractivity (Wildman–Crippen MR) is 145 cm³/mol. The van der Waals surface area contributed by atoms with Crippen LogP contribution in [0.15, 0.2) is 46.7 Å². The molecule has 0 bridgehead atoms. The number of carbonyl (C=O) groups is 1. The summed E-state index contributed by atoms with van der Waals surface area (Å²) in [6.07, 6.45) is -2.84. The molecule has 0 saturated carbocycles. The average molecular weight is 615 g/mol. The van der Waals surface area contributed by atoms with Crippen LogP contribution in [-0.4, -0.2) is 60.3 Å². The van der Waals surface area contributed by atoms with E-state index in [1.54, 1.807) is 6.07 Å². The van der Waals surface area contributed by atoms with E-state index < -0.39 is 33.7 Å². The quantitative estimate of drug-likeness (QED) is 0.414. The van der Waals surface area contributed by atoms with Gasteiger partial charge in [0.2, 0.25) is 11.9 Å². The lowest BCUT2D eigenvalue weighted by Crippen LogP contribution is -2.45. The summed E-state index contributed by atoms with van der Waals surface area (Å²) in [7, 11) is -3.89. The molecule has 1 amide bonds. The van der Waals surface area contributed by atoms with Crippen LogP contribution in [0.2, 0.25) is 4.34 Å².